The van der Waals surface area contributed by atoms with E-state index < -0.39 is 17.8 Å². The molecule has 0 atom stereocenters. The van der Waals surface area contributed by atoms with E-state index in [9.17, 15) is 27.6 Å². The number of carbonyl (C=O) groups is 3. The normalized spacial score (nSPS) is 15.8. The Morgan fingerprint density at radius 3 is 2.42 bits per heavy atom. The molecule has 0 saturated carbocycles. The van der Waals surface area contributed by atoms with Crippen LogP contribution in [0.15, 0.2) is 48.9 Å². The van der Waals surface area contributed by atoms with Crippen molar-refractivity contribution in [2.75, 3.05) is 45.0 Å². The van der Waals surface area contributed by atoms with Crippen molar-refractivity contribution in [3.05, 3.63) is 76.6 Å². The van der Waals surface area contributed by atoms with Crippen molar-refractivity contribution in [2.24, 2.45) is 5.92 Å². The molecule has 17 heteroatoms. The van der Waals surface area contributed by atoms with Crippen molar-refractivity contribution in [3.63, 3.8) is 0 Å². The maximum atomic E-state index is 13.8. The number of pyridine rings is 1. The zero-order valence-corrected chi connectivity index (χ0v) is 26.3. The van der Waals surface area contributed by atoms with E-state index in [0.717, 1.165) is 30.2 Å². The number of amides is 3. The van der Waals surface area contributed by atoms with Crippen LogP contribution < -0.4 is 16.4 Å². The maximum Gasteiger partial charge on any atom is 0.435 e. The van der Waals surface area contributed by atoms with Gasteiger partial charge >= 0.3 is 6.18 Å². The Labute approximate surface area is 277 Å². The SMILES string of the molecule is Nc1ccc(-n2cc(-c3cnc(C(=O)NCc4ccc(C(=O)N5CCC(C(=O)N6CCNCC6)CC5)c(Cl)c4)[nH]3)c(C(F)(F)F)n2)nc1. The number of nitrogens with one attached hydrogen (secondary N) is 3. The van der Waals surface area contributed by atoms with E-state index in [1.165, 1.54) is 18.3 Å². The van der Waals surface area contributed by atoms with Gasteiger partial charge in [-0.1, -0.05) is 17.7 Å². The highest BCUT2D eigenvalue weighted by Crippen LogP contribution is 2.36. The predicted molar refractivity (Wildman–Crippen MR) is 169 cm³/mol. The molecule has 13 nitrogen and oxygen atoms in total. The molecule has 252 valence electrons. The number of halogens is 4. The minimum atomic E-state index is -4.80. The number of H-pyrrole nitrogens is 1. The number of imidazole rings is 1. The van der Waals surface area contributed by atoms with Gasteiger partial charge in [0.05, 0.1) is 39.9 Å². The summed E-state index contributed by atoms with van der Waals surface area (Å²) in [6, 6.07) is 7.72. The van der Waals surface area contributed by atoms with Crippen LogP contribution in [0.2, 0.25) is 5.02 Å². The number of aromatic nitrogens is 5. The standard InChI is InChI=1S/C31H32ClF3N10O3/c32-23-13-18(1-3-21(23)30(48)43-9-5-19(6-10-43)29(47)44-11-7-37-8-12-44)14-40-28(46)27-39-16-24(41-27)22-17-45(42-26(22)31(33,34)35)25-4-2-20(36)15-38-25/h1-4,13,15-17,19,37H,5-12,14,36H2,(H,39,41)(H,40,46). The number of hydrogen-bond acceptors (Lipinski definition) is 8. The molecule has 0 aliphatic carbocycles. The summed E-state index contributed by atoms with van der Waals surface area (Å²) in [7, 11) is 0. The number of nitrogen functional groups attached to an aromatic ring is 1. The zero-order valence-electron chi connectivity index (χ0n) is 25.6. The molecule has 6 rings (SSSR count). The fourth-order valence-electron chi connectivity index (χ4n) is 5.76. The number of aromatic amines is 1. The van der Waals surface area contributed by atoms with Crippen LogP contribution >= 0.6 is 11.6 Å². The number of piperidine rings is 1. The number of rotatable bonds is 7. The van der Waals surface area contributed by atoms with Gasteiger partial charge in [-0.2, -0.15) is 18.3 Å². The lowest BCUT2D eigenvalue weighted by molar-refractivity contribution is -0.141. The number of piperazine rings is 1. The Hall–Kier alpha value is -4.96. The van der Waals surface area contributed by atoms with Crippen molar-refractivity contribution >= 4 is 35.0 Å². The quantitative estimate of drug-likeness (QED) is 0.230. The van der Waals surface area contributed by atoms with Gasteiger partial charge in [0, 0.05) is 57.9 Å². The molecule has 0 bridgehead atoms. The number of carbonyl (C=O) groups excluding carboxylic acids is 3. The van der Waals surface area contributed by atoms with Gasteiger partial charge in [-0.05, 0) is 42.7 Å². The first kappa shape index (κ1) is 33.0. The van der Waals surface area contributed by atoms with Crippen LogP contribution in [0.3, 0.4) is 0 Å². The minimum Gasteiger partial charge on any atom is -0.397 e. The van der Waals surface area contributed by atoms with E-state index in [2.05, 4.69) is 30.7 Å². The molecule has 0 unspecified atom stereocenters. The van der Waals surface area contributed by atoms with Gasteiger partial charge < -0.3 is 31.2 Å². The molecule has 4 aromatic rings. The summed E-state index contributed by atoms with van der Waals surface area (Å²) in [5.74, 6) is -0.958. The first-order chi connectivity index (χ1) is 23.0. The van der Waals surface area contributed by atoms with E-state index in [4.69, 9.17) is 17.3 Å². The summed E-state index contributed by atoms with van der Waals surface area (Å²) >= 11 is 6.48. The molecule has 5 N–H and O–H groups in total. The highest BCUT2D eigenvalue weighted by molar-refractivity contribution is 6.33. The molecule has 3 amide bonds. The Bertz CT molecular complexity index is 1810. The van der Waals surface area contributed by atoms with Gasteiger partial charge in [0.15, 0.2) is 17.3 Å². The lowest BCUT2D eigenvalue weighted by Gasteiger charge is -2.35. The van der Waals surface area contributed by atoms with E-state index in [1.54, 1.807) is 23.1 Å². The van der Waals surface area contributed by atoms with Crippen LogP contribution in [-0.2, 0) is 17.5 Å². The average molecular weight is 685 g/mol. The first-order valence-corrected chi connectivity index (χ1v) is 15.7. The summed E-state index contributed by atoms with van der Waals surface area (Å²) in [4.78, 5) is 53.1. The summed E-state index contributed by atoms with van der Waals surface area (Å²) in [6.07, 6.45) is -0.0757. The fourth-order valence-corrected chi connectivity index (χ4v) is 6.04. The van der Waals surface area contributed by atoms with Crippen molar-refractivity contribution < 1.29 is 27.6 Å². The number of anilines is 1. The average Bonchev–Trinajstić information content (AvgIpc) is 3.76. The number of alkyl halides is 3. The van der Waals surface area contributed by atoms with Crippen molar-refractivity contribution in [3.8, 4) is 17.1 Å². The Balaban J connectivity index is 1.06. The second-order valence-electron chi connectivity index (χ2n) is 11.6. The number of hydrogen-bond donors (Lipinski definition) is 4. The fraction of sp³-hybridized carbons (Fsp3) is 0.355. The number of likely N-dealkylation sites (tertiary alicyclic amines) is 1. The molecule has 1 aromatic carbocycles. The molecule has 48 heavy (non-hydrogen) atoms. The Kier molecular flexibility index (Phi) is 9.37. The highest BCUT2D eigenvalue weighted by Gasteiger charge is 2.38. The van der Waals surface area contributed by atoms with Crippen LogP contribution in [-0.4, -0.2) is 91.5 Å². The molecular formula is C31H32ClF3N10O3. The summed E-state index contributed by atoms with van der Waals surface area (Å²) in [5, 5.41) is 9.75. The topological polar surface area (TPSA) is 167 Å². The van der Waals surface area contributed by atoms with Crippen molar-refractivity contribution in [1.82, 2.24) is 45.2 Å². The lowest BCUT2D eigenvalue weighted by Crippen LogP contribution is -2.50. The third-order valence-corrected chi connectivity index (χ3v) is 8.66. The molecule has 2 aliphatic heterocycles. The molecular weight excluding hydrogens is 653 g/mol. The van der Waals surface area contributed by atoms with E-state index in [1.807, 2.05) is 4.90 Å². The Morgan fingerprint density at radius 2 is 1.75 bits per heavy atom. The molecule has 0 spiro atoms. The van der Waals surface area contributed by atoms with E-state index in [-0.39, 0.29) is 52.2 Å². The monoisotopic (exact) mass is 684 g/mol. The Morgan fingerprint density at radius 1 is 1.00 bits per heavy atom. The molecule has 0 radical (unpaired) electrons. The van der Waals surface area contributed by atoms with Crippen LogP contribution in [0.25, 0.3) is 17.1 Å². The third-order valence-electron chi connectivity index (χ3n) is 8.35. The zero-order chi connectivity index (χ0) is 34.0. The van der Waals surface area contributed by atoms with Gasteiger partial charge in [0.2, 0.25) is 5.91 Å². The number of benzene rings is 1. The molecule has 2 aliphatic rings. The van der Waals surface area contributed by atoms with Gasteiger partial charge in [-0.3, -0.25) is 14.4 Å². The first-order valence-electron chi connectivity index (χ1n) is 15.3. The van der Waals surface area contributed by atoms with Gasteiger partial charge in [-0.15, -0.1) is 0 Å². The van der Waals surface area contributed by atoms with Gasteiger partial charge in [0.1, 0.15) is 0 Å². The smallest absolute Gasteiger partial charge is 0.397 e. The summed E-state index contributed by atoms with van der Waals surface area (Å²) in [6.45, 7) is 3.88. The van der Waals surface area contributed by atoms with Gasteiger partial charge in [0.25, 0.3) is 11.8 Å². The van der Waals surface area contributed by atoms with Crippen LogP contribution in [0.1, 0.15) is 45.1 Å². The van der Waals surface area contributed by atoms with Crippen molar-refractivity contribution in [2.45, 2.75) is 25.6 Å². The third kappa shape index (κ3) is 7.13. The summed E-state index contributed by atoms with van der Waals surface area (Å²) in [5.41, 5.74) is 5.28. The highest BCUT2D eigenvalue weighted by atomic mass is 35.5. The number of nitrogens with zero attached hydrogens (tertiary/aromatic N) is 6. The summed E-state index contributed by atoms with van der Waals surface area (Å²) < 4.78 is 42.5. The molecule has 5 heterocycles. The second-order valence-corrected chi connectivity index (χ2v) is 12.0. The largest absolute Gasteiger partial charge is 0.435 e. The number of nitrogens with two attached hydrogens (primary N) is 1. The van der Waals surface area contributed by atoms with Crippen molar-refractivity contribution in [1.29, 1.82) is 0 Å². The van der Waals surface area contributed by atoms with E-state index in [0.29, 0.717) is 55.8 Å². The molecule has 3 aromatic heterocycles. The molecule has 2 fully saturated rings. The second kappa shape index (κ2) is 13.6. The minimum absolute atomic E-state index is 0.0110. The molecule has 2 saturated heterocycles. The van der Waals surface area contributed by atoms with Crippen LogP contribution in [0.4, 0.5) is 18.9 Å². The predicted octanol–water partition coefficient (Wildman–Crippen LogP) is 3.13. The van der Waals surface area contributed by atoms with Crippen LogP contribution in [0.5, 0.6) is 0 Å². The van der Waals surface area contributed by atoms with Gasteiger partial charge in [-0.25, -0.2) is 14.6 Å². The van der Waals surface area contributed by atoms with Crippen LogP contribution in [0, 0.1) is 5.92 Å². The maximum absolute atomic E-state index is 13.8. The van der Waals surface area contributed by atoms with E-state index >= 15 is 0 Å². The lowest BCUT2D eigenvalue weighted by atomic mass is 9.94.